The maximum atomic E-state index is 4.19. The van der Waals surface area contributed by atoms with Gasteiger partial charge >= 0.3 is 5.82 Å². The Hall–Kier alpha value is -0.860. The molecule has 1 aromatic heterocycles. The zero-order chi connectivity index (χ0) is 7.78. The Balaban J connectivity index is 3.05. The number of hydrogen-bond donors (Lipinski definition) is 1. The molecule has 1 heterocycles. The minimum atomic E-state index is 0.134. The monoisotopic (exact) mass is 140 g/mol. The lowest BCUT2D eigenvalue weighted by atomic mass is 9.96. The second-order valence-electron chi connectivity index (χ2n) is 3.52. The number of aromatic nitrogens is 3. The summed E-state index contributed by atoms with van der Waals surface area (Å²) in [6.07, 6.45) is 1.71. The topological polar surface area (TPSA) is 32.6 Å². The Morgan fingerprint density at radius 2 is 2.10 bits per heavy atom. The van der Waals surface area contributed by atoms with E-state index in [1.54, 1.807) is 6.33 Å². The Morgan fingerprint density at radius 1 is 1.50 bits per heavy atom. The predicted octanol–water partition coefficient (Wildman–Crippen LogP) is 0.532. The molecule has 1 N–H and O–H groups in total. The normalized spacial score (nSPS) is 12.0. The quantitative estimate of drug-likeness (QED) is 0.524. The first kappa shape index (κ1) is 7.25. The van der Waals surface area contributed by atoms with E-state index < -0.39 is 0 Å². The van der Waals surface area contributed by atoms with Crippen LogP contribution in [0.2, 0.25) is 0 Å². The molecule has 10 heavy (non-hydrogen) atoms. The lowest BCUT2D eigenvalue weighted by molar-refractivity contribution is -0.737. The summed E-state index contributed by atoms with van der Waals surface area (Å²) in [5.74, 6) is 1.08. The molecule has 0 spiro atoms. The maximum absolute atomic E-state index is 4.19. The van der Waals surface area contributed by atoms with E-state index in [-0.39, 0.29) is 5.41 Å². The van der Waals surface area contributed by atoms with Crippen LogP contribution < -0.4 is 4.68 Å². The van der Waals surface area contributed by atoms with Gasteiger partial charge in [-0.15, -0.1) is 0 Å². The van der Waals surface area contributed by atoms with E-state index in [0.717, 1.165) is 5.82 Å². The molecule has 0 bridgehead atoms. The summed E-state index contributed by atoms with van der Waals surface area (Å²) in [5, 5.41) is 2.98. The number of rotatable bonds is 0. The summed E-state index contributed by atoms with van der Waals surface area (Å²) in [5.41, 5.74) is 0.134. The first-order chi connectivity index (χ1) is 4.52. The number of aromatic amines is 1. The number of nitrogens with one attached hydrogen (secondary N) is 1. The van der Waals surface area contributed by atoms with Crippen LogP contribution in [0.3, 0.4) is 0 Å². The van der Waals surface area contributed by atoms with E-state index in [2.05, 4.69) is 30.9 Å². The molecule has 0 atom stereocenters. The molecule has 1 aromatic rings. The highest BCUT2D eigenvalue weighted by molar-refractivity contribution is 4.91. The van der Waals surface area contributed by atoms with Crippen LogP contribution in [0.5, 0.6) is 0 Å². The van der Waals surface area contributed by atoms with Gasteiger partial charge in [-0.3, -0.25) is 0 Å². The molecule has 0 amide bonds. The van der Waals surface area contributed by atoms with Gasteiger partial charge in [0.2, 0.25) is 6.33 Å². The van der Waals surface area contributed by atoms with Crippen LogP contribution in [0.15, 0.2) is 6.33 Å². The van der Waals surface area contributed by atoms with Crippen molar-refractivity contribution in [3.63, 3.8) is 0 Å². The predicted molar refractivity (Wildman–Crippen MR) is 38.5 cm³/mol. The molecule has 0 saturated carbocycles. The zero-order valence-corrected chi connectivity index (χ0v) is 6.97. The van der Waals surface area contributed by atoms with Gasteiger partial charge in [0.1, 0.15) is 7.05 Å². The van der Waals surface area contributed by atoms with Crippen molar-refractivity contribution in [2.24, 2.45) is 7.05 Å². The van der Waals surface area contributed by atoms with Gasteiger partial charge in [0.05, 0.1) is 5.41 Å². The molecule has 0 aliphatic carbocycles. The Kier molecular flexibility index (Phi) is 1.50. The molecule has 0 unspecified atom stereocenters. The molecule has 0 radical (unpaired) electrons. The molecule has 0 saturated heterocycles. The fourth-order valence-corrected chi connectivity index (χ4v) is 1.02. The second-order valence-corrected chi connectivity index (χ2v) is 3.52. The number of nitrogens with zero attached hydrogens (tertiary/aromatic N) is 2. The molecule has 0 aliphatic rings. The third-order valence-electron chi connectivity index (χ3n) is 1.43. The van der Waals surface area contributed by atoms with Crippen LogP contribution >= 0.6 is 0 Å². The molecule has 0 fully saturated rings. The van der Waals surface area contributed by atoms with Gasteiger partial charge in [0.25, 0.3) is 0 Å². The minimum Gasteiger partial charge on any atom is -0.194 e. The van der Waals surface area contributed by atoms with Crippen molar-refractivity contribution >= 4 is 0 Å². The molecular weight excluding hydrogens is 126 g/mol. The van der Waals surface area contributed by atoms with Crippen molar-refractivity contribution in [1.82, 2.24) is 10.1 Å². The van der Waals surface area contributed by atoms with Crippen molar-refractivity contribution in [2.45, 2.75) is 26.2 Å². The van der Waals surface area contributed by atoms with Crippen LogP contribution in [0, 0.1) is 0 Å². The van der Waals surface area contributed by atoms with E-state index in [1.165, 1.54) is 0 Å². The van der Waals surface area contributed by atoms with Crippen molar-refractivity contribution < 1.29 is 4.68 Å². The lowest BCUT2D eigenvalue weighted by Gasteiger charge is -2.08. The maximum Gasteiger partial charge on any atom is 0.323 e. The molecular formula is C7H14N3+. The van der Waals surface area contributed by atoms with E-state index in [4.69, 9.17) is 0 Å². The molecule has 0 aliphatic heterocycles. The minimum absolute atomic E-state index is 0.134. The Labute approximate surface area is 61.1 Å². The number of H-pyrrole nitrogens is 1. The van der Waals surface area contributed by atoms with Crippen LogP contribution in [0.25, 0.3) is 0 Å². The van der Waals surface area contributed by atoms with E-state index in [1.807, 2.05) is 11.7 Å². The van der Waals surface area contributed by atoms with Gasteiger partial charge < -0.3 is 0 Å². The standard InChI is InChI=1S/C7H13N3/c1-7(2,3)6-8-5-9-10(6)4/h5H,1-4H3/p+1. The smallest absolute Gasteiger partial charge is 0.194 e. The van der Waals surface area contributed by atoms with Crippen molar-refractivity contribution in [1.29, 1.82) is 0 Å². The fraction of sp³-hybridized carbons (Fsp3) is 0.714. The Morgan fingerprint density at radius 3 is 2.30 bits per heavy atom. The van der Waals surface area contributed by atoms with Gasteiger partial charge in [-0.25, -0.2) is 0 Å². The van der Waals surface area contributed by atoms with Crippen LogP contribution in [-0.4, -0.2) is 10.1 Å². The van der Waals surface area contributed by atoms with Gasteiger partial charge in [-0.05, 0) is 25.8 Å². The zero-order valence-electron chi connectivity index (χ0n) is 6.97. The first-order valence-corrected chi connectivity index (χ1v) is 3.41. The summed E-state index contributed by atoms with van der Waals surface area (Å²) in [7, 11) is 1.97. The van der Waals surface area contributed by atoms with Gasteiger partial charge in [0, 0.05) is 0 Å². The molecule has 56 valence electrons. The van der Waals surface area contributed by atoms with E-state index >= 15 is 0 Å². The third-order valence-corrected chi connectivity index (χ3v) is 1.43. The fourth-order valence-electron chi connectivity index (χ4n) is 1.02. The van der Waals surface area contributed by atoms with Crippen LogP contribution in [-0.2, 0) is 12.5 Å². The number of hydrogen-bond acceptors (Lipinski definition) is 1. The van der Waals surface area contributed by atoms with Crippen molar-refractivity contribution in [3.8, 4) is 0 Å². The SMILES string of the molecule is C[n+]1[nH]cnc1C(C)(C)C. The molecule has 3 nitrogen and oxygen atoms in total. The highest BCUT2D eigenvalue weighted by Gasteiger charge is 2.26. The van der Waals surface area contributed by atoms with Crippen LogP contribution in [0.1, 0.15) is 26.6 Å². The summed E-state index contributed by atoms with van der Waals surface area (Å²) in [4.78, 5) is 4.19. The molecule has 3 heteroatoms. The Bertz CT molecular complexity index is 219. The average Bonchev–Trinajstić information content (AvgIpc) is 2.11. The summed E-state index contributed by atoms with van der Waals surface area (Å²) in [6, 6.07) is 0. The van der Waals surface area contributed by atoms with E-state index in [9.17, 15) is 0 Å². The van der Waals surface area contributed by atoms with Crippen molar-refractivity contribution in [2.75, 3.05) is 0 Å². The summed E-state index contributed by atoms with van der Waals surface area (Å²) >= 11 is 0. The van der Waals surface area contributed by atoms with Crippen molar-refractivity contribution in [3.05, 3.63) is 12.2 Å². The summed E-state index contributed by atoms with van der Waals surface area (Å²) < 4.78 is 1.93. The van der Waals surface area contributed by atoms with Crippen LogP contribution in [0.4, 0.5) is 0 Å². The highest BCUT2D eigenvalue weighted by atomic mass is 15.3. The molecule has 0 aromatic carbocycles. The summed E-state index contributed by atoms with van der Waals surface area (Å²) in [6.45, 7) is 6.43. The van der Waals surface area contributed by atoms with Gasteiger partial charge in [0.15, 0.2) is 0 Å². The van der Waals surface area contributed by atoms with Gasteiger partial charge in [-0.2, -0.15) is 9.78 Å². The van der Waals surface area contributed by atoms with E-state index in [0.29, 0.717) is 0 Å². The largest absolute Gasteiger partial charge is 0.323 e. The molecule has 1 rings (SSSR count). The van der Waals surface area contributed by atoms with Gasteiger partial charge in [-0.1, -0.05) is 0 Å². The highest BCUT2D eigenvalue weighted by Crippen LogP contribution is 2.14. The number of aryl methyl sites for hydroxylation is 1. The third kappa shape index (κ3) is 1.17. The first-order valence-electron chi connectivity index (χ1n) is 3.41. The second kappa shape index (κ2) is 2.08. The average molecular weight is 140 g/mol. The lowest BCUT2D eigenvalue weighted by Crippen LogP contribution is -2.40.